The molecule has 0 saturated carbocycles. The SMILES string of the molecule is N#Cc1cccc(NCCc2cnc[nH]2)c1N. The van der Waals surface area contributed by atoms with Crippen LogP contribution in [0.3, 0.4) is 0 Å². The van der Waals surface area contributed by atoms with Gasteiger partial charge in [-0.05, 0) is 12.1 Å². The summed E-state index contributed by atoms with van der Waals surface area (Å²) in [6.07, 6.45) is 4.27. The van der Waals surface area contributed by atoms with Gasteiger partial charge in [-0.1, -0.05) is 6.07 Å². The molecule has 4 N–H and O–H groups in total. The fourth-order valence-electron chi connectivity index (χ4n) is 1.57. The van der Waals surface area contributed by atoms with E-state index < -0.39 is 0 Å². The van der Waals surface area contributed by atoms with Crippen LogP contribution < -0.4 is 11.1 Å². The molecule has 0 aliphatic rings. The Balaban J connectivity index is 1.98. The van der Waals surface area contributed by atoms with E-state index in [2.05, 4.69) is 21.4 Å². The second-order valence-electron chi connectivity index (χ2n) is 3.63. The summed E-state index contributed by atoms with van der Waals surface area (Å²) < 4.78 is 0. The molecule has 1 aromatic carbocycles. The molecule has 0 aliphatic carbocycles. The van der Waals surface area contributed by atoms with Gasteiger partial charge in [-0.25, -0.2) is 4.98 Å². The van der Waals surface area contributed by atoms with Crippen molar-refractivity contribution < 1.29 is 0 Å². The lowest BCUT2D eigenvalue weighted by Gasteiger charge is -2.09. The average Bonchev–Trinajstić information content (AvgIpc) is 2.84. The molecule has 0 spiro atoms. The van der Waals surface area contributed by atoms with E-state index in [1.54, 1.807) is 18.6 Å². The van der Waals surface area contributed by atoms with E-state index in [9.17, 15) is 0 Å². The van der Waals surface area contributed by atoms with Crippen molar-refractivity contribution in [3.8, 4) is 6.07 Å². The van der Waals surface area contributed by atoms with Gasteiger partial charge in [-0.15, -0.1) is 0 Å². The number of nitrogens with two attached hydrogens (primary N) is 1. The lowest BCUT2D eigenvalue weighted by Crippen LogP contribution is -2.07. The number of nitrogen functional groups attached to an aromatic ring is 1. The van der Waals surface area contributed by atoms with Gasteiger partial charge < -0.3 is 16.0 Å². The summed E-state index contributed by atoms with van der Waals surface area (Å²) in [5.41, 5.74) is 8.70. The Hall–Kier alpha value is -2.48. The van der Waals surface area contributed by atoms with E-state index in [4.69, 9.17) is 11.0 Å². The van der Waals surface area contributed by atoms with Crippen LogP contribution >= 0.6 is 0 Å². The second-order valence-corrected chi connectivity index (χ2v) is 3.63. The van der Waals surface area contributed by atoms with Crippen molar-refractivity contribution in [1.82, 2.24) is 9.97 Å². The highest BCUT2D eigenvalue weighted by Gasteiger charge is 2.03. The molecule has 0 atom stereocenters. The largest absolute Gasteiger partial charge is 0.396 e. The van der Waals surface area contributed by atoms with Crippen molar-refractivity contribution in [2.45, 2.75) is 6.42 Å². The first-order valence-electron chi connectivity index (χ1n) is 5.31. The number of anilines is 2. The van der Waals surface area contributed by atoms with Crippen molar-refractivity contribution in [2.75, 3.05) is 17.6 Å². The van der Waals surface area contributed by atoms with Gasteiger partial charge >= 0.3 is 0 Å². The lowest BCUT2D eigenvalue weighted by molar-refractivity contribution is 0.977. The Morgan fingerprint density at radius 1 is 1.47 bits per heavy atom. The summed E-state index contributed by atoms with van der Waals surface area (Å²) in [5.74, 6) is 0. The summed E-state index contributed by atoms with van der Waals surface area (Å²) in [7, 11) is 0. The fraction of sp³-hybridized carbons (Fsp3) is 0.167. The topological polar surface area (TPSA) is 90.5 Å². The normalized spacial score (nSPS) is 9.82. The number of H-pyrrole nitrogens is 1. The smallest absolute Gasteiger partial charge is 0.101 e. The molecule has 2 aromatic rings. The van der Waals surface area contributed by atoms with Crippen LogP contribution in [0.1, 0.15) is 11.3 Å². The number of nitrogens with zero attached hydrogens (tertiary/aromatic N) is 2. The van der Waals surface area contributed by atoms with Crippen LogP contribution in [-0.2, 0) is 6.42 Å². The molecule has 0 bridgehead atoms. The van der Waals surface area contributed by atoms with Gasteiger partial charge in [-0.3, -0.25) is 0 Å². The van der Waals surface area contributed by atoms with Crippen molar-refractivity contribution in [1.29, 1.82) is 5.26 Å². The predicted molar refractivity (Wildman–Crippen MR) is 66.4 cm³/mol. The van der Waals surface area contributed by atoms with E-state index in [1.165, 1.54) is 0 Å². The molecular formula is C12H13N5. The van der Waals surface area contributed by atoms with Crippen LogP contribution in [-0.4, -0.2) is 16.5 Å². The van der Waals surface area contributed by atoms with Gasteiger partial charge in [0.15, 0.2) is 0 Å². The average molecular weight is 227 g/mol. The lowest BCUT2D eigenvalue weighted by atomic mass is 10.1. The van der Waals surface area contributed by atoms with Crippen LogP contribution in [0.4, 0.5) is 11.4 Å². The highest BCUT2D eigenvalue weighted by atomic mass is 14.9. The number of nitrogens with one attached hydrogen (secondary N) is 2. The van der Waals surface area contributed by atoms with Gasteiger partial charge in [0, 0.05) is 24.9 Å². The summed E-state index contributed by atoms with van der Waals surface area (Å²) in [5, 5.41) is 12.0. The monoisotopic (exact) mass is 227 g/mol. The van der Waals surface area contributed by atoms with Crippen molar-refractivity contribution in [2.24, 2.45) is 0 Å². The zero-order valence-corrected chi connectivity index (χ0v) is 9.27. The third kappa shape index (κ3) is 2.55. The number of para-hydroxylation sites is 1. The first-order valence-corrected chi connectivity index (χ1v) is 5.31. The molecule has 2 rings (SSSR count). The van der Waals surface area contributed by atoms with Crippen molar-refractivity contribution >= 4 is 11.4 Å². The third-order valence-corrected chi connectivity index (χ3v) is 2.49. The molecule has 0 amide bonds. The number of rotatable bonds is 4. The van der Waals surface area contributed by atoms with Gasteiger partial charge in [0.1, 0.15) is 6.07 Å². The molecule has 0 aliphatic heterocycles. The fourth-order valence-corrected chi connectivity index (χ4v) is 1.57. The Morgan fingerprint density at radius 2 is 2.35 bits per heavy atom. The standard InChI is InChI=1S/C12H13N5/c13-6-9-2-1-3-11(12(9)14)16-5-4-10-7-15-8-17-10/h1-3,7-8,16H,4-5,14H2,(H,15,17). The highest BCUT2D eigenvalue weighted by Crippen LogP contribution is 2.21. The number of hydrogen-bond acceptors (Lipinski definition) is 4. The molecule has 5 heteroatoms. The van der Waals surface area contributed by atoms with Crippen LogP contribution in [0, 0.1) is 11.3 Å². The molecule has 0 unspecified atom stereocenters. The number of aromatic nitrogens is 2. The van der Waals surface area contributed by atoms with Gasteiger partial charge in [0.2, 0.25) is 0 Å². The van der Waals surface area contributed by atoms with Gasteiger partial charge in [0.05, 0.1) is 23.3 Å². The first kappa shape index (κ1) is 11.0. The molecule has 1 aromatic heterocycles. The number of benzene rings is 1. The van der Waals surface area contributed by atoms with Crippen LogP contribution in [0.25, 0.3) is 0 Å². The van der Waals surface area contributed by atoms with Gasteiger partial charge in [0.25, 0.3) is 0 Å². The molecule has 17 heavy (non-hydrogen) atoms. The maximum atomic E-state index is 8.85. The Kier molecular flexibility index (Phi) is 3.26. The summed E-state index contributed by atoms with van der Waals surface area (Å²) in [6.45, 7) is 0.737. The molecule has 5 nitrogen and oxygen atoms in total. The predicted octanol–water partition coefficient (Wildman–Crippen LogP) is 1.52. The minimum Gasteiger partial charge on any atom is -0.396 e. The molecular weight excluding hydrogens is 214 g/mol. The quantitative estimate of drug-likeness (QED) is 0.691. The first-order chi connectivity index (χ1) is 8.31. The van der Waals surface area contributed by atoms with E-state index in [0.29, 0.717) is 11.3 Å². The maximum absolute atomic E-state index is 8.85. The Bertz CT molecular complexity index is 524. The minimum atomic E-state index is 0.497. The van der Waals surface area contributed by atoms with Crippen molar-refractivity contribution in [3.05, 3.63) is 42.0 Å². The summed E-state index contributed by atoms with van der Waals surface area (Å²) in [4.78, 5) is 6.97. The molecule has 0 fully saturated rings. The molecule has 1 heterocycles. The van der Waals surface area contributed by atoms with E-state index in [1.807, 2.05) is 12.1 Å². The summed E-state index contributed by atoms with van der Waals surface area (Å²) in [6, 6.07) is 7.44. The summed E-state index contributed by atoms with van der Waals surface area (Å²) >= 11 is 0. The Morgan fingerprint density at radius 3 is 3.06 bits per heavy atom. The van der Waals surface area contributed by atoms with Crippen molar-refractivity contribution in [3.63, 3.8) is 0 Å². The maximum Gasteiger partial charge on any atom is 0.101 e. The Labute approximate surface area is 99.3 Å². The minimum absolute atomic E-state index is 0.497. The van der Waals surface area contributed by atoms with E-state index in [0.717, 1.165) is 24.3 Å². The van der Waals surface area contributed by atoms with Crippen LogP contribution in [0.2, 0.25) is 0 Å². The van der Waals surface area contributed by atoms with Crippen LogP contribution in [0.5, 0.6) is 0 Å². The number of nitriles is 1. The zero-order valence-electron chi connectivity index (χ0n) is 9.27. The van der Waals surface area contributed by atoms with E-state index in [-0.39, 0.29) is 0 Å². The number of aromatic amines is 1. The second kappa shape index (κ2) is 5.03. The highest BCUT2D eigenvalue weighted by molar-refractivity contribution is 5.72. The zero-order chi connectivity index (χ0) is 12.1. The molecule has 0 saturated heterocycles. The van der Waals surface area contributed by atoms with E-state index >= 15 is 0 Å². The van der Waals surface area contributed by atoms with Gasteiger partial charge in [-0.2, -0.15) is 5.26 Å². The van der Waals surface area contributed by atoms with Crippen LogP contribution in [0.15, 0.2) is 30.7 Å². The molecule has 86 valence electrons. The number of hydrogen-bond donors (Lipinski definition) is 3. The number of imidazole rings is 1. The molecule has 0 radical (unpaired) electrons. The third-order valence-electron chi connectivity index (χ3n) is 2.49.